The number of carbonyl (C=O) groups excluding carboxylic acids is 2. The second-order valence-electron chi connectivity index (χ2n) is 8.19. The van der Waals surface area contributed by atoms with E-state index in [2.05, 4.69) is 15.5 Å². The molecular formula is C18H32Cl2N4O2. The van der Waals surface area contributed by atoms with E-state index in [0.29, 0.717) is 17.4 Å². The first-order chi connectivity index (χ1) is 11.6. The van der Waals surface area contributed by atoms with Crippen LogP contribution in [0.5, 0.6) is 0 Å². The van der Waals surface area contributed by atoms with Gasteiger partial charge in [-0.25, -0.2) is 0 Å². The molecule has 26 heavy (non-hydrogen) atoms. The summed E-state index contributed by atoms with van der Waals surface area (Å²) in [6.07, 6.45) is 5.65. The van der Waals surface area contributed by atoms with Crippen LogP contribution < -0.4 is 10.6 Å². The van der Waals surface area contributed by atoms with Crippen molar-refractivity contribution in [2.24, 2.45) is 11.3 Å². The summed E-state index contributed by atoms with van der Waals surface area (Å²) in [6, 6.07) is 0.332. The maximum absolute atomic E-state index is 12.8. The van der Waals surface area contributed by atoms with Gasteiger partial charge in [-0.05, 0) is 57.5 Å². The van der Waals surface area contributed by atoms with E-state index in [1.165, 1.54) is 0 Å². The number of hydrogen-bond donors (Lipinski definition) is 2. The van der Waals surface area contributed by atoms with Gasteiger partial charge in [-0.2, -0.15) is 0 Å². The highest BCUT2D eigenvalue weighted by molar-refractivity contribution is 5.85. The second-order valence-corrected chi connectivity index (χ2v) is 8.19. The number of carbonyl (C=O) groups is 2. The van der Waals surface area contributed by atoms with Gasteiger partial charge in [0.1, 0.15) is 0 Å². The second kappa shape index (κ2) is 8.63. The molecule has 1 spiro atoms. The molecule has 4 rings (SSSR count). The highest BCUT2D eigenvalue weighted by atomic mass is 35.5. The fraction of sp³-hybridized carbons (Fsp3) is 0.889. The third-order valence-corrected chi connectivity index (χ3v) is 6.56. The monoisotopic (exact) mass is 406 g/mol. The van der Waals surface area contributed by atoms with Gasteiger partial charge in [-0.3, -0.25) is 14.5 Å². The number of nitrogens with one attached hydrogen (secondary N) is 2. The number of nitrogens with zero attached hydrogens (tertiary/aromatic N) is 2. The zero-order valence-corrected chi connectivity index (χ0v) is 17.2. The van der Waals surface area contributed by atoms with E-state index in [1.54, 1.807) is 0 Å². The fourth-order valence-corrected chi connectivity index (χ4v) is 4.44. The molecule has 2 saturated carbocycles. The number of hydrogen-bond acceptors (Lipinski definition) is 4. The first kappa shape index (κ1) is 21.7. The van der Waals surface area contributed by atoms with Crippen molar-refractivity contribution in [2.45, 2.75) is 51.1 Å². The van der Waals surface area contributed by atoms with Crippen LogP contribution in [0.2, 0.25) is 0 Å². The molecule has 6 nitrogen and oxygen atoms in total. The average Bonchev–Trinajstić information content (AvgIpc) is 3.53. The van der Waals surface area contributed by atoms with Gasteiger partial charge < -0.3 is 15.5 Å². The molecule has 0 radical (unpaired) electrons. The van der Waals surface area contributed by atoms with Crippen molar-refractivity contribution in [3.05, 3.63) is 0 Å². The van der Waals surface area contributed by atoms with Crippen LogP contribution in [-0.2, 0) is 9.59 Å². The van der Waals surface area contributed by atoms with E-state index < -0.39 is 0 Å². The van der Waals surface area contributed by atoms with Crippen molar-refractivity contribution < 1.29 is 9.59 Å². The Morgan fingerprint density at radius 3 is 2.27 bits per heavy atom. The number of amides is 2. The van der Waals surface area contributed by atoms with E-state index in [1.807, 2.05) is 11.8 Å². The van der Waals surface area contributed by atoms with Crippen LogP contribution in [0.3, 0.4) is 0 Å². The zero-order chi connectivity index (χ0) is 16.7. The Labute approximate surface area is 168 Å². The normalized spacial score (nSPS) is 28.5. The molecule has 2 N–H and O–H groups in total. The highest BCUT2D eigenvalue weighted by Crippen LogP contribution is 2.59. The standard InChI is InChI=1S/C18H30N4O2.2ClH/c1-13(16(23)20-14-2-3-14)21-8-10-22(11-9-21)17(24)15-12-18(15)4-6-19-7-5-18;;/h13-15,19H,2-12H2,1H3,(H,20,23);2*1H. The Kier molecular flexibility index (Phi) is 7.22. The summed E-state index contributed by atoms with van der Waals surface area (Å²) < 4.78 is 0. The molecule has 2 heterocycles. The molecule has 2 atom stereocenters. The minimum atomic E-state index is -0.0838. The summed E-state index contributed by atoms with van der Waals surface area (Å²) >= 11 is 0. The fourth-order valence-electron chi connectivity index (χ4n) is 4.44. The first-order valence-corrected chi connectivity index (χ1v) is 9.63. The van der Waals surface area contributed by atoms with E-state index in [-0.39, 0.29) is 42.7 Å². The Morgan fingerprint density at radius 1 is 1.08 bits per heavy atom. The lowest BCUT2D eigenvalue weighted by Gasteiger charge is -2.38. The minimum absolute atomic E-state index is 0. The lowest BCUT2D eigenvalue weighted by atomic mass is 9.91. The Balaban J connectivity index is 0.00000121. The van der Waals surface area contributed by atoms with Crippen molar-refractivity contribution in [2.75, 3.05) is 39.3 Å². The van der Waals surface area contributed by atoms with Crippen molar-refractivity contribution >= 4 is 36.6 Å². The molecule has 2 amide bonds. The van der Waals surface area contributed by atoms with Crippen molar-refractivity contribution in [1.82, 2.24) is 20.4 Å². The minimum Gasteiger partial charge on any atom is -0.352 e. The first-order valence-electron chi connectivity index (χ1n) is 9.63. The maximum atomic E-state index is 12.8. The van der Waals surface area contributed by atoms with Gasteiger partial charge in [-0.1, -0.05) is 0 Å². The van der Waals surface area contributed by atoms with Gasteiger partial charge in [0.2, 0.25) is 11.8 Å². The molecule has 2 aliphatic carbocycles. The molecule has 0 aromatic carbocycles. The largest absolute Gasteiger partial charge is 0.352 e. The van der Waals surface area contributed by atoms with Gasteiger partial charge >= 0.3 is 0 Å². The molecule has 0 bridgehead atoms. The number of halogens is 2. The SMILES string of the molecule is CC(C(=O)NC1CC1)N1CCN(C(=O)C2CC23CCNCC3)CC1.Cl.Cl. The van der Waals surface area contributed by atoms with Gasteiger partial charge in [0.05, 0.1) is 6.04 Å². The molecule has 0 aromatic heterocycles. The van der Waals surface area contributed by atoms with Gasteiger partial charge in [0.25, 0.3) is 0 Å². The summed E-state index contributed by atoms with van der Waals surface area (Å²) in [5.41, 5.74) is 0.316. The van der Waals surface area contributed by atoms with Crippen molar-refractivity contribution in [3.8, 4) is 0 Å². The summed E-state index contributed by atoms with van der Waals surface area (Å²) in [7, 11) is 0. The molecule has 2 saturated heterocycles. The number of rotatable bonds is 4. The molecule has 4 aliphatic rings. The van der Waals surface area contributed by atoms with Crippen molar-refractivity contribution in [3.63, 3.8) is 0 Å². The van der Waals surface area contributed by atoms with Crippen LogP contribution >= 0.6 is 24.8 Å². The predicted octanol–water partition coefficient (Wildman–Crippen LogP) is 1.03. The Morgan fingerprint density at radius 2 is 1.69 bits per heavy atom. The molecular weight excluding hydrogens is 375 g/mol. The summed E-state index contributed by atoms with van der Waals surface area (Å²) in [5.74, 6) is 0.779. The molecule has 4 fully saturated rings. The lowest BCUT2D eigenvalue weighted by Crippen LogP contribution is -2.55. The smallest absolute Gasteiger partial charge is 0.237 e. The average molecular weight is 407 g/mol. The molecule has 2 unspecified atom stereocenters. The van der Waals surface area contributed by atoms with Gasteiger partial charge in [0, 0.05) is 38.1 Å². The molecule has 8 heteroatoms. The maximum Gasteiger partial charge on any atom is 0.237 e. The van der Waals surface area contributed by atoms with Crippen LogP contribution in [0.1, 0.15) is 39.0 Å². The van der Waals surface area contributed by atoms with Crippen molar-refractivity contribution in [1.29, 1.82) is 0 Å². The molecule has 2 aliphatic heterocycles. The predicted molar refractivity (Wildman–Crippen MR) is 106 cm³/mol. The lowest BCUT2D eigenvalue weighted by molar-refractivity contribution is -0.136. The third-order valence-electron chi connectivity index (χ3n) is 6.56. The van der Waals surface area contributed by atoms with Crippen LogP contribution in [0.25, 0.3) is 0 Å². The third kappa shape index (κ3) is 4.46. The summed E-state index contributed by atoms with van der Waals surface area (Å²) in [4.78, 5) is 29.3. The van der Waals surface area contributed by atoms with Crippen LogP contribution in [0.4, 0.5) is 0 Å². The summed E-state index contributed by atoms with van der Waals surface area (Å²) in [6.45, 7) is 7.27. The highest BCUT2D eigenvalue weighted by Gasteiger charge is 2.58. The van der Waals surface area contributed by atoms with Crippen LogP contribution in [-0.4, -0.2) is 73.0 Å². The van der Waals surface area contributed by atoms with Crippen LogP contribution in [0, 0.1) is 11.3 Å². The number of piperazine rings is 1. The van der Waals surface area contributed by atoms with E-state index in [9.17, 15) is 9.59 Å². The van der Waals surface area contributed by atoms with Gasteiger partial charge in [-0.15, -0.1) is 24.8 Å². The number of piperidine rings is 1. The van der Waals surface area contributed by atoms with Crippen LogP contribution in [0.15, 0.2) is 0 Å². The molecule has 150 valence electrons. The molecule has 0 aromatic rings. The zero-order valence-electron chi connectivity index (χ0n) is 15.5. The van der Waals surface area contributed by atoms with E-state index in [4.69, 9.17) is 0 Å². The topological polar surface area (TPSA) is 64.7 Å². The Bertz CT molecular complexity index is 515. The quantitative estimate of drug-likeness (QED) is 0.731. The summed E-state index contributed by atoms with van der Waals surface area (Å²) in [5, 5.41) is 6.48. The Hall–Kier alpha value is -0.560. The van der Waals surface area contributed by atoms with E-state index >= 15 is 0 Å². The van der Waals surface area contributed by atoms with Gasteiger partial charge in [0.15, 0.2) is 0 Å². The van der Waals surface area contributed by atoms with E-state index in [0.717, 1.165) is 71.4 Å².